The number of anilines is 6. The standard InChI is InChI=1S/C42H46ClN9O5/c1-25(53)32-5-3-4-6-34(32)46-40-33(43)21-44-42(49-40)47-35-12-11-29(20-37(35)57-2)52-30-19-31(52)23-51(22-30)39(55)24-50-17-15-27(16-18-50)26-7-9-28(10-8-26)45-36-13-14-38(54)48-41(36)56/h3-12,20-21,27,30-31,36,45H,13-19,22-24H2,1-2H3,(H,48,54,56)(H2,44,46,47,49). The number of likely N-dealkylation sites (tertiary alicyclic amines) is 1. The molecular weight excluding hydrogens is 746 g/mol. The van der Waals surface area contributed by atoms with Crippen molar-refractivity contribution in [3.8, 4) is 5.75 Å². The molecule has 3 amide bonds. The molecular formula is C42H46ClN9O5. The number of hydrogen-bond donors (Lipinski definition) is 4. The van der Waals surface area contributed by atoms with Gasteiger partial charge in [-0.3, -0.25) is 29.4 Å². The van der Waals surface area contributed by atoms with Gasteiger partial charge in [0.2, 0.25) is 23.7 Å². The lowest BCUT2D eigenvalue weighted by molar-refractivity contribution is -0.136. The molecule has 5 aliphatic heterocycles. The number of rotatable bonds is 12. The molecule has 1 aromatic heterocycles. The average Bonchev–Trinajstić information content (AvgIpc) is 3.21. The molecule has 14 nitrogen and oxygen atoms in total. The van der Waals surface area contributed by atoms with Crippen LogP contribution in [-0.4, -0.2) is 101 Å². The van der Waals surface area contributed by atoms with Crippen LogP contribution >= 0.6 is 11.6 Å². The molecule has 9 rings (SSSR count). The maximum atomic E-state index is 13.5. The molecule has 0 radical (unpaired) electrons. The molecule has 3 aromatic carbocycles. The summed E-state index contributed by atoms with van der Waals surface area (Å²) in [4.78, 5) is 64.9. The van der Waals surface area contributed by atoms with E-state index < -0.39 is 6.04 Å². The van der Waals surface area contributed by atoms with Crippen LogP contribution in [0.4, 0.5) is 34.5 Å². The Balaban J connectivity index is 0.824. The van der Waals surface area contributed by atoms with Crippen LogP contribution in [0.3, 0.4) is 0 Å². The second-order valence-corrected chi connectivity index (χ2v) is 15.6. The van der Waals surface area contributed by atoms with Gasteiger partial charge in [0.05, 0.1) is 31.2 Å². The monoisotopic (exact) mass is 791 g/mol. The number of carbonyl (C=O) groups is 4. The van der Waals surface area contributed by atoms with Gasteiger partial charge >= 0.3 is 0 Å². The first-order valence-corrected chi connectivity index (χ1v) is 19.8. The fourth-order valence-corrected chi connectivity index (χ4v) is 8.58. The van der Waals surface area contributed by atoms with Gasteiger partial charge in [0.25, 0.3) is 0 Å². The third-order valence-corrected chi connectivity index (χ3v) is 11.8. The zero-order chi connectivity index (χ0) is 39.6. The number of fused-ring (bicyclic) bond motifs is 2. The molecule has 57 heavy (non-hydrogen) atoms. The number of ketones is 1. The minimum Gasteiger partial charge on any atom is -0.494 e. The lowest BCUT2D eigenvalue weighted by Crippen LogP contribution is -2.70. The predicted octanol–water partition coefficient (Wildman–Crippen LogP) is 5.71. The lowest BCUT2D eigenvalue weighted by atomic mass is 9.86. The highest BCUT2D eigenvalue weighted by Crippen LogP contribution is 2.41. The van der Waals surface area contributed by atoms with Crippen LogP contribution in [0, 0.1) is 0 Å². The zero-order valence-corrected chi connectivity index (χ0v) is 32.7. The van der Waals surface area contributed by atoms with Crippen molar-refractivity contribution in [2.45, 2.75) is 63.1 Å². The normalized spacial score (nSPS) is 21.0. The number of Topliss-reactive ketones (excluding diaryl/α,β-unsaturated/α-hetero) is 1. The van der Waals surface area contributed by atoms with Gasteiger partial charge in [0, 0.05) is 54.6 Å². The molecule has 0 aliphatic carbocycles. The highest BCUT2D eigenvalue weighted by molar-refractivity contribution is 6.33. The summed E-state index contributed by atoms with van der Waals surface area (Å²) in [6, 6.07) is 21.5. The van der Waals surface area contributed by atoms with E-state index in [9.17, 15) is 19.2 Å². The molecule has 2 bridgehead atoms. The Morgan fingerprint density at radius 3 is 2.42 bits per heavy atom. The van der Waals surface area contributed by atoms with Crippen molar-refractivity contribution in [3.05, 3.63) is 89.1 Å². The zero-order valence-electron chi connectivity index (χ0n) is 32.0. The van der Waals surface area contributed by atoms with Crippen LogP contribution in [0.1, 0.15) is 60.9 Å². The number of amides is 3. The first-order chi connectivity index (χ1) is 27.6. The van der Waals surface area contributed by atoms with E-state index in [-0.39, 0.29) is 35.6 Å². The summed E-state index contributed by atoms with van der Waals surface area (Å²) in [6.45, 7) is 5.06. The Bertz CT molecular complexity index is 2170. The van der Waals surface area contributed by atoms with Gasteiger partial charge in [-0.05, 0) is 93.6 Å². The number of halogens is 1. The van der Waals surface area contributed by atoms with Crippen LogP contribution in [0.5, 0.6) is 5.75 Å². The summed E-state index contributed by atoms with van der Waals surface area (Å²) in [5.74, 6) is 1.34. The van der Waals surface area contributed by atoms with Gasteiger partial charge in [-0.25, -0.2) is 4.98 Å². The van der Waals surface area contributed by atoms with E-state index >= 15 is 0 Å². The molecule has 5 aliphatic rings. The number of methoxy groups -OCH3 is 1. The molecule has 4 aromatic rings. The van der Waals surface area contributed by atoms with Crippen LogP contribution in [0.15, 0.2) is 72.9 Å². The molecule has 6 heterocycles. The van der Waals surface area contributed by atoms with Crippen LogP contribution < -0.4 is 30.9 Å². The Morgan fingerprint density at radius 2 is 1.70 bits per heavy atom. The van der Waals surface area contributed by atoms with Crippen molar-refractivity contribution < 1.29 is 23.9 Å². The maximum absolute atomic E-state index is 13.5. The van der Waals surface area contributed by atoms with Crippen molar-refractivity contribution in [1.29, 1.82) is 0 Å². The fourth-order valence-electron chi connectivity index (χ4n) is 8.44. The Morgan fingerprint density at radius 1 is 0.947 bits per heavy atom. The van der Waals surface area contributed by atoms with Gasteiger partial charge in [-0.15, -0.1) is 0 Å². The van der Waals surface area contributed by atoms with E-state index in [1.807, 2.05) is 41.3 Å². The highest BCUT2D eigenvalue weighted by Gasteiger charge is 2.46. The summed E-state index contributed by atoms with van der Waals surface area (Å²) < 4.78 is 5.79. The fraction of sp³-hybridized carbons (Fsp3) is 0.381. The molecule has 0 spiro atoms. The van der Waals surface area contributed by atoms with Gasteiger partial charge in [-0.2, -0.15) is 4.98 Å². The number of nitrogens with zero attached hydrogens (tertiary/aromatic N) is 5. The van der Waals surface area contributed by atoms with Gasteiger partial charge in [-0.1, -0.05) is 35.9 Å². The molecule has 3 unspecified atom stereocenters. The molecule has 5 saturated heterocycles. The largest absolute Gasteiger partial charge is 0.494 e. The van der Waals surface area contributed by atoms with Crippen molar-refractivity contribution in [2.75, 3.05) is 60.7 Å². The van der Waals surface area contributed by atoms with Gasteiger partial charge in [0.1, 0.15) is 16.8 Å². The number of imide groups is 1. The summed E-state index contributed by atoms with van der Waals surface area (Å²) in [5.41, 5.74) is 4.98. The van der Waals surface area contributed by atoms with E-state index in [1.165, 1.54) is 18.7 Å². The summed E-state index contributed by atoms with van der Waals surface area (Å²) in [6.07, 6.45) is 5.35. The van der Waals surface area contributed by atoms with E-state index in [0.717, 1.165) is 43.7 Å². The lowest BCUT2D eigenvalue weighted by Gasteiger charge is -2.57. The Kier molecular flexibility index (Phi) is 11.0. The number of hydrogen-bond acceptors (Lipinski definition) is 12. The number of benzene rings is 3. The predicted molar refractivity (Wildman–Crippen MR) is 219 cm³/mol. The number of para-hydroxylation sites is 1. The van der Waals surface area contributed by atoms with E-state index in [1.54, 1.807) is 25.3 Å². The van der Waals surface area contributed by atoms with Crippen molar-refractivity contribution >= 4 is 69.6 Å². The second-order valence-electron chi connectivity index (χ2n) is 15.2. The van der Waals surface area contributed by atoms with Crippen molar-refractivity contribution in [3.63, 3.8) is 0 Å². The van der Waals surface area contributed by atoms with Crippen molar-refractivity contribution in [1.82, 2.24) is 25.1 Å². The number of piperazine rings is 1. The van der Waals surface area contributed by atoms with E-state index in [4.69, 9.17) is 16.3 Å². The third kappa shape index (κ3) is 8.37. The first-order valence-electron chi connectivity index (χ1n) is 19.4. The summed E-state index contributed by atoms with van der Waals surface area (Å²) in [7, 11) is 1.62. The minimum absolute atomic E-state index is 0.0749. The SMILES string of the molecule is COc1cc(N2C3CC2CN(C(=O)CN2CCC(c4ccc(NC5CCC(=O)NC5=O)cc4)CC2)C3)ccc1Nc1ncc(Cl)c(Nc2ccccc2C(C)=O)n1. The van der Waals surface area contributed by atoms with Crippen LogP contribution in [-0.2, 0) is 14.4 Å². The smallest absolute Gasteiger partial charge is 0.249 e. The quantitative estimate of drug-likeness (QED) is 0.102. The summed E-state index contributed by atoms with van der Waals surface area (Å²) in [5, 5.41) is 12.4. The molecule has 3 atom stereocenters. The minimum atomic E-state index is -0.400. The van der Waals surface area contributed by atoms with E-state index in [0.29, 0.717) is 77.9 Å². The number of nitrogens with one attached hydrogen (secondary N) is 4. The Labute approximate surface area is 336 Å². The van der Waals surface area contributed by atoms with Gasteiger partial charge < -0.3 is 30.5 Å². The maximum Gasteiger partial charge on any atom is 0.249 e. The van der Waals surface area contributed by atoms with E-state index in [2.05, 4.69) is 53.2 Å². The van der Waals surface area contributed by atoms with Crippen LogP contribution in [0.25, 0.3) is 0 Å². The molecule has 0 saturated carbocycles. The van der Waals surface area contributed by atoms with Gasteiger partial charge in [0.15, 0.2) is 11.6 Å². The molecule has 15 heteroatoms. The average molecular weight is 792 g/mol. The number of ether oxygens (including phenoxy) is 1. The number of carbonyl (C=O) groups excluding carboxylic acids is 4. The second kappa shape index (κ2) is 16.4. The molecule has 296 valence electrons. The number of piperidine rings is 3. The van der Waals surface area contributed by atoms with Crippen LogP contribution in [0.2, 0.25) is 5.02 Å². The van der Waals surface area contributed by atoms with Crippen molar-refractivity contribution in [2.24, 2.45) is 0 Å². The highest BCUT2D eigenvalue weighted by atomic mass is 35.5. The molecule has 5 fully saturated rings. The third-order valence-electron chi connectivity index (χ3n) is 11.5. The molecule has 4 N–H and O–H groups in total. The Hall–Kier alpha value is -5.73. The first kappa shape index (κ1) is 38.2. The number of aromatic nitrogens is 2. The summed E-state index contributed by atoms with van der Waals surface area (Å²) >= 11 is 6.43. The topological polar surface area (TPSA) is 161 Å².